The number of hydrogen-bond acceptors (Lipinski definition) is 7. The Morgan fingerprint density at radius 1 is 0.690 bits per heavy atom. The first-order chi connectivity index (χ1) is 14.0. The number of ether oxygens (including phenoxy) is 4. The van der Waals surface area contributed by atoms with Crippen molar-refractivity contribution >= 4 is 33.9 Å². The zero-order chi connectivity index (χ0) is 21.8. The van der Waals surface area contributed by atoms with Crippen molar-refractivity contribution < 1.29 is 31.6 Å². The van der Waals surface area contributed by atoms with Gasteiger partial charge in [0.05, 0.1) is 0 Å². The van der Waals surface area contributed by atoms with E-state index in [1.807, 2.05) is 6.92 Å². The Bertz CT molecular complexity index is 392. The van der Waals surface area contributed by atoms with Gasteiger partial charge >= 0.3 is 187 Å². The molecule has 0 bridgehead atoms. The zero-order valence-corrected chi connectivity index (χ0v) is 21.6. The molecule has 0 atom stereocenters. The normalized spacial score (nSPS) is 11.2. The average Bonchev–Trinajstić information content (AvgIpc) is 2.70. The van der Waals surface area contributed by atoms with Gasteiger partial charge in [-0.05, 0) is 0 Å². The number of carbonyl (C=O) groups excluding carboxylic acids is 2. The van der Waals surface area contributed by atoms with Gasteiger partial charge in [-0.3, -0.25) is 0 Å². The third-order valence-electron chi connectivity index (χ3n) is 4.11. The third-order valence-corrected chi connectivity index (χ3v) is 7.00. The minimum absolute atomic E-state index is 0.268. The molecule has 0 aromatic heterocycles. The Morgan fingerprint density at radius 2 is 1.17 bits per heavy atom. The second-order valence-electron chi connectivity index (χ2n) is 6.95. The van der Waals surface area contributed by atoms with Gasteiger partial charge in [-0.2, -0.15) is 0 Å². The molecule has 0 aliphatic carbocycles. The molecule has 29 heavy (non-hydrogen) atoms. The van der Waals surface area contributed by atoms with Crippen LogP contribution in [-0.2, 0) is 22.0 Å². The van der Waals surface area contributed by atoms with E-state index in [4.69, 9.17) is 22.0 Å². The first-order valence-corrected chi connectivity index (χ1v) is 14.3. The third kappa shape index (κ3) is 15.8. The molecule has 0 saturated heterocycles. The molecule has 2 radical (unpaired) electrons. The molecule has 0 aliphatic heterocycles. The second kappa shape index (κ2) is 19.3. The molecule has 0 amide bonds. The van der Waals surface area contributed by atoms with E-state index in [0.717, 1.165) is 62.2 Å². The molecule has 0 aromatic rings. The van der Waals surface area contributed by atoms with Gasteiger partial charge in [-0.25, -0.2) is 0 Å². The standard InChI is InChI=1S/C17H31O7.C4H9.Sn/c1-4-7-10-13-21-15(18)23-17(20,12-9-6-3)24-16(19)22-14-11-8-5-2;1-3-4-2;/h4-14H2,1-3H3;1,3-4H2,2H3;/q-1;;+1. The van der Waals surface area contributed by atoms with Crippen LogP contribution in [0, 0.1) is 0 Å². The fourth-order valence-electron chi connectivity index (χ4n) is 2.35. The maximum atomic E-state index is 12.2. The van der Waals surface area contributed by atoms with Crippen LogP contribution >= 0.6 is 0 Å². The molecule has 0 saturated carbocycles. The van der Waals surface area contributed by atoms with Gasteiger partial charge in [-0.15, -0.1) is 0 Å². The monoisotopic (exact) mass is 524 g/mol. The van der Waals surface area contributed by atoms with Crippen LogP contribution < -0.4 is 0 Å². The summed E-state index contributed by atoms with van der Waals surface area (Å²) in [6.45, 7) is 8.81. The molecule has 0 spiro atoms. The van der Waals surface area contributed by atoms with Crippen molar-refractivity contribution in [1.29, 1.82) is 0 Å². The van der Waals surface area contributed by atoms with Crippen LogP contribution in [0.25, 0.3) is 0 Å². The van der Waals surface area contributed by atoms with E-state index in [9.17, 15) is 9.59 Å². The molecular weight excluding hydrogens is 483 g/mol. The van der Waals surface area contributed by atoms with Crippen LogP contribution in [0.15, 0.2) is 0 Å². The van der Waals surface area contributed by atoms with E-state index in [2.05, 4.69) is 20.8 Å². The van der Waals surface area contributed by atoms with Crippen LogP contribution in [0.2, 0.25) is 4.44 Å². The van der Waals surface area contributed by atoms with E-state index in [1.54, 1.807) is 0 Å². The first kappa shape index (κ1) is 28.3. The number of hydrogen-bond donors (Lipinski definition) is 0. The summed E-state index contributed by atoms with van der Waals surface area (Å²) in [6, 6.07) is 0. The summed E-state index contributed by atoms with van der Waals surface area (Å²) in [5.41, 5.74) is 0. The van der Waals surface area contributed by atoms with Crippen molar-refractivity contribution in [3.63, 3.8) is 0 Å². The summed E-state index contributed by atoms with van der Waals surface area (Å²) >= 11 is -1.34. The van der Waals surface area contributed by atoms with Crippen LogP contribution in [0.5, 0.6) is 0 Å². The van der Waals surface area contributed by atoms with E-state index in [0.29, 0.717) is 6.42 Å². The molecule has 0 N–H and O–H groups in total. The molecule has 0 aliphatic rings. The molecule has 0 aromatic carbocycles. The Labute approximate surface area is 187 Å². The number of rotatable bonds is 18. The SMILES string of the molecule is CCCCCOC(=O)OC(CCCC)([O][Sn][CH2]CCC)OC(=O)OCCCCC. The Morgan fingerprint density at radius 3 is 1.62 bits per heavy atom. The van der Waals surface area contributed by atoms with Crippen LogP contribution in [0.4, 0.5) is 9.59 Å². The topological polar surface area (TPSA) is 80.3 Å². The Hall–Kier alpha value is -0.701. The molecule has 7 nitrogen and oxygen atoms in total. The van der Waals surface area contributed by atoms with Crippen LogP contribution in [0.3, 0.4) is 0 Å². The van der Waals surface area contributed by atoms with Gasteiger partial charge in [-0.1, -0.05) is 0 Å². The van der Waals surface area contributed by atoms with Crippen molar-refractivity contribution in [2.24, 2.45) is 0 Å². The number of carbonyl (C=O) groups is 2. The van der Waals surface area contributed by atoms with E-state index in [-0.39, 0.29) is 19.6 Å². The summed E-state index contributed by atoms with van der Waals surface area (Å²) in [4.78, 5) is 24.4. The van der Waals surface area contributed by atoms with Gasteiger partial charge in [0, 0.05) is 0 Å². The fourth-order valence-corrected chi connectivity index (χ4v) is 5.22. The summed E-state index contributed by atoms with van der Waals surface area (Å²) in [7, 11) is 0. The van der Waals surface area contributed by atoms with Gasteiger partial charge in [0.25, 0.3) is 0 Å². The molecule has 0 fully saturated rings. The Balaban J connectivity index is 4.98. The van der Waals surface area contributed by atoms with Crippen molar-refractivity contribution in [2.45, 2.75) is 109 Å². The van der Waals surface area contributed by atoms with E-state index < -0.39 is 39.8 Å². The van der Waals surface area contributed by atoms with Crippen LogP contribution in [0.1, 0.15) is 98.3 Å². The summed E-state index contributed by atoms with van der Waals surface area (Å²) < 4.78 is 28.1. The summed E-state index contributed by atoms with van der Waals surface area (Å²) in [6.07, 6.45) is 7.68. The molecule has 0 heterocycles. The maximum absolute atomic E-state index is 12.2. The quantitative estimate of drug-likeness (QED) is 0.0894. The average molecular weight is 523 g/mol. The van der Waals surface area contributed by atoms with Crippen LogP contribution in [-0.4, -0.2) is 53.1 Å². The summed E-state index contributed by atoms with van der Waals surface area (Å²) in [5, 5.41) is 0. The molecular formula is C21H40O7Sn. The zero-order valence-electron chi connectivity index (χ0n) is 18.8. The fraction of sp³-hybridized carbons (Fsp3) is 0.905. The second-order valence-corrected chi connectivity index (χ2v) is 9.79. The van der Waals surface area contributed by atoms with Crippen molar-refractivity contribution in [3.8, 4) is 0 Å². The van der Waals surface area contributed by atoms with Crippen molar-refractivity contribution in [1.82, 2.24) is 0 Å². The van der Waals surface area contributed by atoms with Crippen molar-refractivity contribution in [2.75, 3.05) is 13.2 Å². The van der Waals surface area contributed by atoms with Gasteiger partial charge < -0.3 is 0 Å². The molecule has 170 valence electrons. The minimum atomic E-state index is -1.74. The van der Waals surface area contributed by atoms with Crippen molar-refractivity contribution in [3.05, 3.63) is 0 Å². The number of unbranched alkanes of at least 4 members (excludes halogenated alkanes) is 6. The van der Waals surface area contributed by atoms with E-state index in [1.165, 1.54) is 0 Å². The predicted octanol–water partition coefficient (Wildman–Crippen LogP) is 6.37. The van der Waals surface area contributed by atoms with Gasteiger partial charge in [0.1, 0.15) is 0 Å². The van der Waals surface area contributed by atoms with E-state index >= 15 is 0 Å². The Kier molecular flexibility index (Phi) is 18.8. The first-order valence-electron chi connectivity index (χ1n) is 11.2. The van der Waals surface area contributed by atoms with Gasteiger partial charge in [0.15, 0.2) is 0 Å². The van der Waals surface area contributed by atoms with Gasteiger partial charge in [0.2, 0.25) is 0 Å². The molecule has 0 unspecified atom stereocenters. The molecule has 0 rings (SSSR count). The molecule has 8 heteroatoms. The summed E-state index contributed by atoms with van der Waals surface area (Å²) in [5.74, 6) is -1.74. The predicted molar refractivity (Wildman–Crippen MR) is 113 cm³/mol.